The highest BCUT2D eigenvalue weighted by atomic mass is 35.5. The molecule has 5 nitrogen and oxygen atoms in total. The van der Waals surface area contributed by atoms with E-state index in [4.69, 9.17) is 16.3 Å². The summed E-state index contributed by atoms with van der Waals surface area (Å²) >= 11 is 6.08. The lowest BCUT2D eigenvalue weighted by Gasteiger charge is -2.18. The van der Waals surface area contributed by atoms with Gasteiger partial charge in [-0.1, -0.05) is 11.6 Å². The van der Waals surface area contributed by atoms with Crippen molar-refractivity contribution in [3.05, 3.63) is 53.1 Å². The second-order valence-electron chi connectivity index (χ2n) is 7.06. The fourth-order valence-electron chi connectivity index (χ4n) is 3.48. The minimum Gasteiger partial charge on any atom is -0.496 e. The maximum Gasteiger partial charge on any atom is 0.279 e. The van der Waals surface area contributed by atoms with Gasteiger partial charge in [0, 0.05) is 35.1 Å². The average molecular weight is 389 g/mol. The zero-order valence-corrected chi connectivity index (χ0v) is 16.7. The molecule has 144 valence electrons. The number of carbonyl (C=O) groups excluding carboxylic acids is 1. The van der Waals surface area contributed by atoms with Crippen molar-refractivity contribution in [2.24, 2.45) is 0 Å². The van der Waals surface area contributed by atoms with E-state index in [1.807, 2.05) is 31.3 Å². The van der Waals surface area contributed by atoms with Crippen LogP contribution in [0.15, 0.2) is 42.5 Å². The van der Waals surface area contributed by atoms with Gasteiger partial charge in [0.2, 0.25) is 0 Å². The number of hydrogen-bond acceptors (Lipinski definition) is 3. The summed E-state index contributed by atoms with van der Waals surface area (Å²) in [4.78, 5) is 15.8. The molecular weight excluding hydrogens is 362 g/mol. The largest absolute Gasteiger partial charge is 0.496 e. The maximum atomic E-state index is 12.4. The van der Waals surface area contributed by atoms with E-state index in [1.165, 1.54) is 18.5 Å². The summed E-state index contributed by atoms with van der Waals surface area (Å²) in [6.07, 6.45) is 2.51. The molecule has 1 unspecified atom stereocenters. The molecular formula is C21H27ClN3O2+. The van der Waals surface area contributed by atoms with Crippen LogP contribution in [-0.2, 0) is 11.3 Å². The van der Waals surface area contributed by atoms with Crippen LogP contribution >= 0.6 is 11.6 Å². The Morgan fingerprint density at radius 2 is 1.89 bits per heavy atom. The van der Waals surface area contributed by atoms with Gasteiger partial charge < -0.3 is 19.9 Å². The molecule has 0 aliphatic carbocycles. The number of hydrogen-bond donors (Lipinski definition) is 2. The van der Waals surface area contributed by atoms with E-state index in [0.29, 0.717) is 18.1 Å². The fourth-order valence-corrected chi connectivity index (χ4v) is 3.68. The summed E-state index contributed by atoms with van der Waals surface area (Å²) < 4.78 is 5.38. The van der Waals surface area contributed by atoms with Crippen LogP contribution in [0.5, 0.6) is 5.75 Å². The predicted octanol–water partition coefficient (Wildman–Crippen LogP) is 2.60. The quantitative estimate of drug-likeness (QED) is 0.766. The standard InChI is InChI=1S/C21H26ClN3O2/c1-24(14-16-13-17(22)5-10-20(16)27-2)15-21(26)23-18-6-8-19(9-7-18)25-11-3-4-12-25/h5-10,13H,3-4,11-12,14-15H2,1-2H3,(H,23,26)/p+1. The maximum absolute atomic E-state index is 12.4. The highest BCUT2D eigenvalue weighted by Gasteiger charge is 2.15. The van der Waals surface area contributed by atoms with E-state index in [1.54, 1.807) is 13.2 Å². The predicted molar refractivity (Wildman–Crippen MR) is 110 cm³/mol. The zero-order chi connectivity index (χ0) is 19.2. The van der Waals surface area contributed by atoms with E-state index in [2.05, 4.69) is 22.3 Å². The number of quaternary nitrogens is 1. The lowest BCUT2D eigenvalue weighted by atomic mass is 10.2. The molecule has 1 aliphatic heterocycles. The van der Waals surface area contributed by atoms with Crippen molar-refractivity contribution in [3.8, 4) is 5.75 Å². The monoisotopic (exact) mass is 388 g/mol. The number of benzene rings is 2. The van der Waals surface area contributed by atoms with Crippen LogP contribution in [0.2, 0.25) is 5.02 Å². The summed E-state index contributed by atoms with van der Waals surface area (Å²) in [5, 5.41) is 3.65. The van der Waals surface area contributed by atoms with Gasteiger partial charge in [0.05, 0.1) is 14.2 Å². The number of nitrogens with zero attached hydrogens (tertiary/aromatic N) is 1. The molecule has 1 atom stereocenters. The van der Waals surface area contributed by atoms with Crippen LogP contribution in [0.4, 0.5) is 11.4 Å². The summed E-state index contributed by atoms with van der Waals surface area (Å²) in [6.45, 7) is 3.26. The van der Waals surface area contributed by atoms with E-state index < -0.39 is 0 Å². The van der Waals surface area contributed by atoms with E-state index in [9.17, 15) is 4.79 Å². The second kappa shape index (κ2) is 9.11. The minimum absolute atomic E-state index is 0.0117. The van der Waals surface area contributed by atoms with Crippen molar-refractivity contribution >= 4 is 28.9 Å². The Balaban J connectivity index is 1.53. The molecule has 1 saturated heterocycles. The first-order valence-electron chi connectivity index (χ1n) is 9.34. The van der Waals surface area contributed by atoms with Gasteiger partial charge in [-0.05, 0) is 55.3 Å². The van der Waals surface area contributed by atoms with Gasteiger partial charge in [0.25, 0.3) is 5.91 Å². The van der Waals surface area contributed by atoms with Crippen molar-refractivity contribution in [2.75, 3.05) is 44.0 Å². The number of carbonyl (C=O) groups is 1. The smallest absolute Gasteiger partial charge is 0.279 e. The Morgan fingerprint density at radius 1 is 1.19 bits per heavy atom. The van der Waals surface area contributed by atoms with Gasteiger partial charge >= 0.3 is 0 Å². The molecule has 1 heterocycles. The normalized spacial score (nSPS) is 14.9. The van der Waals surface area contributed by atoms with Crippen LogP contribution in [0, 0.1) is 0 Å². The Hall–Kier alpha value is -2.24. The van der Waals surface area contributed by atoms with Crippen LogP contribution in [0.3, 0.4) is 0 Å². The number of amides is 1. The topological polar surface area (TPSA) is 46.0 Å². The van der Waals surface area contributed by atoms with Crippen molar-refractivity contribution in [2.45, 2.75) is 19.4 Å². The number of nitrogens with one attached hydrogen (secondary N) is 2. The Bertz CT molecular complexity index is 773. The van der Waals surface area contributed by atoms with Crippen molar-refractivity contribution in [1.82, 2.24) is 0 Å². The first-order valence-corrected chi connectivity index (χ1v) is 9.71. The number of halogens is 1. The lowest BCUT2D eigenvalue weighted by Crippen LogP contribution is -3.08. The SMILES string of the molecule is COc1ccc(Cl)cc1C[NH+](C)CC(=O)Nc1ccc(N2CCCC2)cc1. The fraction of sp³-hybridized carbons (Fsp3) is 0.381. The molecule has 0 radical (unpaired) electrons. The highest BCUT2D eigenvalue weighted by Crippen LogP contribution is 2.22. The third-order valence-corrected chi connectivity index (χ3v) is 5.05. The third-order valence-electron chi connectivity index (χ3n) is 4.82. The van der Waals surface area contributed by atoms with E-state index in [-0.39, 0.29) is 5.91 Å². The first-order chi connectivity index (χ1) is 13.0. The summed E-state index contributed by atoms with van der Waals surface area (Å²) in [7, 11) is 3.62. The Morgan fingerprint density at radius 3 is 2.56 bits per heavy atom. The molecule has 0 bridgehead atoms. The Labute approximate surface area is 165 Å². The number of rotatable bonds is 7. The average Bonchev–Trinajstić information content (AvgIpc) is 3.17. The first kappa shape index (κ1) is 19.5. The van der Waals surface area contributed by atoms with Crippen LogP contribution < -0.4 is 19.9 Å². The molecule has 6 heteroatoms. The summed E-state index contributed by atoms with van der Waals surface area (Å²) in [6, 6.07) is 13.6. The molecule has 2 N–H and O–H groups in total. The molecule has 1 fully saturated rings. The van der Waals surface area contributed by atoms with Gasteiger partial charge in [-0.25, -0.2) is 0 Å². The van der Waals surface area contributed by atoms with Crippen molar-refractivity contribution < 1.29 is 14.4 Å². The molecule has 0 saturated carbocycles. The second-order valence-corrected chi connectivity index (χ2v) is 7.49. The highest BCUT2D eigenvalue weighted by molar-refractivity contribution is 6.30. The number of methoxy groups -OCH3 is 1. The van der Waals surface area contributed by atoms with Gasteiger partial charge in [-0.3, -0.25) is 4.79 Å². The van der Waals surface area contributed by atoms with E-state index >= 15 is 0 Å². The molecule has 3 rings (SSSR count). The molecule has 0 aromatic heterocycles. The van der Waals surface area contributed by atoms with E-state index in [0.717, 1.165) is 35.0 Å². The molecule has 0 spiro atoms. The van der Waals surface area contributed by atoms with Gasteiger partial charge in [-0.2, -0.15) is 0 Å². The number of anilines is 2. The zero-order valence-electron chi connectivity index (χ0n) is 15.9. The molecule has 2 aromatic carbocycles. The number of likely N-dealkylation sites (N-methyl/N-ethyl adjacent to an activating group) is 1. The summed E-state index contributed by atoms with van der Waals surface area (Å²) in [5.74, 6) is 0.777. The van der Waals surface area contributed by atoms with Gasteiger partial charge in [0.1, 0.15) is 12.3 Å². The lowest BCUT2D eigenvalue weighted by molar-refractivity contribution is -0.885. The van der Waals surface area contributed by atoms with Crippen LogP contribution in [-0.4, -0.2) is 39.7 Å². The summed E-state index contributed by atoms with van der Waals surface area (Å²) in [5.41, 5.74) is 3.04. The van der Waals surface area contributed by atoms with Crippen molar-refractivity contribution in [3.63, 3.8) is 0 Å². The third kappa shape index (κ3) is 5.37. The minimum atomic E-state index is -0.0117. The molecule has 27 heavy (non-hydrogen) atoms. The molecule has 1 aliphatic rings. The van der Waals surface area contributed by atoms with Crippen LogP contribution in [0.1, 0.15) is 18.4 Å². The van der Waals surface area contributed by atoms with Crippen LogP contribution in [0.25, 0.3) is 0 Å². The van der Waals surface area contributed by atoms with Gasteiger partial charge in [0.15, 0.2) is 6.54 Å². The van der Waals surface area contributed by atoms with Crippen molar-refractivity contribution in [1.29, 1.82) is 0 Å². The van der Waals surface area contributed by atoms with Gasteiger partial charge in [-0.15, -0.1) is 0 Å². The molecule has 1 amide bonds. The Kier molecular flexibility index (Phi) is 6.58. The number of ether oxygens (including phenoxy) is 1. The molecule has 2 aromatic rings.